The molecule has 0 atom stereocenters. The van der Waals surface area contributed by atoms with Crippen LogP contribution >= 0.6 is 11.8 Å². The first-order chi connectivity index (χ1) is 12.1. The molecule has 7 heteroatoms. The van der Waals surface area contributed by atoms with Gasteiger partial charge in [0, 0.05) is 17.9 Å². The third kappa shape index (κ3) is 3.54. The van der Waals surface area contributed by atoms with Crippen molar-refractivity contribution in [2.24, 2.45) is 0 Å². The Morgan fingerprint density at radius 1 is 1.36 bits per heavy atom. The molecule has 0 fully saturated rings. The van der Waals surface area contributed by atoms with Gasteiger partial charge in [0.05, 0.1) is 7.11 Å². The number of hydrogen-bond acceptors (Lipinski definition) is 6. The number of terminal acetylenes is 1. The molecule has 0 spiro atoms. The summed E-state index contributed by atoms with van der Waals surface area (Å²) in [4.78, 5) is 14.1. The summed E-state index contributed by atoms with van der Waals surface area (Å²) >= 11 is 1.56. The van der Waals surface area contributed by atoms with E-state index in [-0.39, 0.29) is 0 Å². The van der Waals surface area contributed by atoms with Gasteiger partial charge < -0.3 is 15.0 Å². The van der Waals surface area contributed by atoms with E-state index in [4.69, 9.17) is 16.9 Å². The maximum absolute atomic E-state index is 5.97. The summed E-state index contributed by atoms with van der Waals surface area (Å²) in [6.07, 6.45) is 8.38. The van der Waals surface area contributed by atoms with E-state index in [9.17, 15) is 0 Å². The molecule has 0 bridgehead atoms. The molecule has 25 heavy (non-hydrogen) atoms. The number of aryl methyl sites for hydroxylation is 2. The van der Waals surface area contributed by atoms with Crippen LogP contribution in [0.3, 0.4) is 0 Å². The fraction of sp³-hybridized carbons (Fsp3) is 0.278. The fourth-order valence-electron chi connectivity index (χ4n) is 2.47. The van der Waals surface area contributed by atoms with Crippen LogP contribution in [-0.2, 0) is 6.54 Å². The number of methoxy groups -OCH3 is 1. The Labute approximate surface area is 150 Å². The largest absolute Gasteiger partial charge is 0.497 e. The first-order valence-corrected chi connectivity index (χ1v) is 8.68. The third-order valence-corrected chi connectivity index (χ3v) is 4.98. The molecule has 0 radical (unpaired) electrons. The molecule has 6 nitrogen and oxygen atoms in total. The normalized spacial score (nSPS) is 10.8. The maximum Gasteiger partial charge on any atom is 0.175 e. The quantitative estimate of drug-likeness (QED) is 0.541. The summed E-state index contributed by atoms with van der Waals surface area (Å²) in [5.41, 5.74) is 8.47. The van der Waals surface area contributed by atoms with Gasteiger partial charge >= 0.3 is 0 Å². The first kappa shape index (κ1) is 17.1. The molecule has 3 aromatic rings. The summed E-state index contributed by atoms with van der Waals surface area (Å²) in [6.45, 7) is 2.78. The van der Waals surface area contributed by atoms with Gasteiger partial charge in [-0.3, -0.25) is 0 Å². The van der Waals surface area contributed by atoms with E-state index in [2.05, 4.69) is 27.8 Å². The molecular formula is C18H19N5OS. The lowest BCUT2D eigenvalue weighted by Crippen LogP contribution is -2.02. The predicted octanol–water partition coefficient (Wildman–Crippen LogP) is 3.29. The van der Waals surface area contributed by atoms with Crippen molar-refractivity contribution in [1.29, 1.82) is 0 Å². The second-order valence-corrected chi connectivity index (χ2v) is 6.53. The van der Waals surface area contributed by atoms with Crippen molar-refractivity contribution < 1.29 is 4.74 Å². The summed E-state index contributed by atoms with van der Waals surface area (Å²) < 4.78 is 7.38. The Morgan fingerprint density at radius 2 is 2.20 bits per heavy atom. The SMILES string of the molecule is C#CCCCn1c(Sc2cc(OC)ccc2C)nc2c(N)ncnc21. The number of imidazole rings is 1. The van der Waals surface area contributed by atoms with Crippen LogP contribution in [-0.4, -0.2) is 26.6 Å². The minimum Gasteiger partial charge on any atom is -0.497 e. The number of ether oxygens (including phenoxy) is 1. The van der Waals surface area contributed by atoms with Crippen molar-refractivity contribution in [1.82, 2.24) is 19.5 Å². The van der Waals surface area contributed by atoms with Gasteiger partial charge in [0.25, 0.3) is 0 Å². The van der Waals surface area contributed by atoms with E-state index >= 15 is 0 Å². The van der Waals surface area contributed by atoms with E-state index in [1.54, 1.807) is 18.9 Å². The molecular weight excluding hydrogens is 334 g/mol. The number of fused-ring (bicyclic) bond motifs is 1. The van der Waals surface area contributed by atoms with Gasteiger partial charge in [0.15, 0.2) is 22.1 Å². The highest BCUT2D eigenvalue weighted by atomic mass is 32.2. The molecule has 3 rings (SSSR count). The smallest absolute Gasteiger partial charge is 0.175 e. The molecule has 128 valence electrons. The van der Waals surface area contributed by atoms with Crippen molar-refractivity contribution >= 4 is 28.7 Å². The molecule has 2 aromatic heterocycles. The highest BCUT2D eigenvalue weighted by Gasteiger charge is 2.16. The van der Waals surface area contributed by atoms with Crippen LogP contribution in [0.15, 0.2) is 34.6 Å². The van der Waals surface area contributed by atoms with Crippen LogP contribution < -0.4 is 10.5 Å². The molecule has 0 unspecified atom stereocenters. The molecule has 0 saturated heterocycles. The van der Waals surface area contributed by atoms with Crippen molar-refractivity contribution in [3.8, 4) is 18.1 Å². The average Bonchev–Trinajstić information content (AvgIpc) is 2.96. The van der Waals surface area contributed by atoms with Gasteiger partial charge in [0.2, 0.25) is 0 Å². The molecule has 0 aliphatic heterocycles. The molecule has 0 saturated carbocycles. The Morgan fingerprint density at radius 3 is 2.96 bits per heavy atom. The van der Waals surface area contributed by atoms with Crippen LogP contribution in [0, 0.1) is 19.3 Å². The lowest BCUT2D eigenvalue weighted by molar-refractivity contribution is 0.413. The van der Waals surface area contributed by atoms with Crippen LogP contribution in [0.1, 0.15) is 18.4 Å². The van der Waals surface area contributed by atoms with Crippen molar-refractivity contribution in [3.63, 3.8) is 0 Å². The molecule has 0 aliphatic carbocycles. The second-order valence-electron chi connectivity index (χ2n) is 5.52. The number of hydrogen-bond donors (Lipinski definition) is 1. The maximum atomic E-state index is 5.97. The predicted molar refractivity (Wildman–Crippen MR) is 99.7 cm³/mol. The zero-order valence-electron chi connectivity index (χ0n) is 14.2. The standard InChI is InChI=1S/C18H19N5OS/c1-4-5-6-9-23-17-15(16(19)20-11-21-17)22-18(23)25-14-10-13(24-3)8-7-12(14)2/h1,7-8,10-11H,5-6,9H2,2-3H3,(H2,19,20,21). The van der Waals surface area contributed by atoms with Gasteiger partial charge in [-0.15, -0.1) is 12.3 Å². The number of nitrogens with zero attached hydrogens (tertiary/aromatic N) is 4. The minimum atomic E-state index is 0.380. The lowest BCUT2D eigenvalue weighted by Gasteiger charge is -2.10. The summed E-state index contributed by atoms with van der Waals surface area (Å²) in [7, 11) is 1.66. The number of unbranched alkanes of at least 4 members (excludes halogenated alkanes) is 1. The number of rotatable bonds is 6. The highest BCUT2D eigenvalue weighted by Crippen LogP contribution is 2.34. The minimum absolute atomic E-state index is 0.380. The highest BCUT2D eigenvalue weighted by molar-refractivity contribution is 7.99. The van der Waals surface area contributed by atoms with Gasteiger partial charge in [-0.2, -0.15) is 0 Å². The first-order valence-electron chi connectivity index (χ1n) is 7.86. The topological polar surface area (TPSA) is 78.9 Å². The fourth-order valence-corrected chi connectivity index (χ4v) is 3.49. The van der Waals surface area contributed by atoms with Gasteiger partial charge in [-0.05, 0) is 31.0 Å². The van der Waals surface area contributed by atoms with Crippen molar-refractivity contribution in [2.75, 3.05) is 12.8 Å². The zero-order valence-corrected chi connectivity index (χ0v) is 15.0. The Hall–Kier alpha value is -2.72. The summed E-state index contributed by atoms with van der Waals surface area (Å²) in [5.74, 6) is 3.86. The average molecular weight is 353 g/mol. The number of benzene rings is 1. The Balaban J connectivity index is 2.04. The van der Waals surface area contributed by atoms with Crippen molar-refractivity contribution in [2.45, 2.75) is 36.4 Å². The van der Waals surface area contributed by atoms with E-state index in [0.717, 1.165) is 40.0 Å². The summed E-state index contributed by atoms with van der Waals surface area (Å²) in [6, 6.07) is 5.97. The second kappa shape index (κ2) is 7.45. The molecule has 2 N–H and O–H groups in total. The number of nitrogen functional groups attached to an aromatic ring is 1. The molecule has 1 aromatic carbocycles. The third-order valence-electron chi connectivity index (χ3n) is 3.82. The molecule has 2 heterocycles. The van der Waals surface area contributed by atoms with E-state index in [1.807, 2.05) is 22.8 Å². The number of aromatic nitrogens is 4. The van der Waals surface area contributed by atoms with Gasteiger partial charge in [0.1, 0.15) is 12.1 Å². The van der Waals surface area contributed by atoms with Gasteiger partial charge in [-0.25, -0.2) is 15.0 Å². The lowest BCUT2D eigenvalue weighted by atomic mass is 10.2. The van der Waals surface area contributed by atoms with Crippen LogP contribution in [0.4, 0.5) is 5.82 Å². The van der Waals surface area contributed by atoms with Crippen LogP contribution in [0.2, 0.25) is 0 Å². The zero-order chi connectivity index (χ0) is 17.8. The summed E-state index contributed by atoms with van der Waals surface area (Å²) in [5, 5.41) is 0.815. The van der Waals surface area contributed by atoms with Crippen LogP contribution in [0.5, 0.6) is 5.75 Å². The monoisotopic (exact) mass is 353 g/mol. The number of anilines is 1. The number of nitrogens with two attached hydrogens (primary N) is 1. The van der Waals surface area contributed by atoms with Crippen molar-refractivity contribution in [3.05, 3.63) is 30.1 Å². The molecule has 0 amide bonds. The van der Waals surface area contributed by atoms with Gasteiger partial charge in [-0.1, -0.05) is 17.8 Å². The van der Waals surface area contributed by atoms with E-state index in [0.29, 0.717) is 17.8 Å². The van der Waals surface area contributed by atoms with E-state index < -0.39 is 0 Å². The Kier molecular flexibility index (Phi) is 5.10. The van der Waals surface area contributed by atoms with E-state index in [1.165, 1.54) is 6.33 Å². The molecule has 0 aliphatic rings. The Bertz CT molecular complexity index is 945. The van der Waals surface area contributed by atoms with Crippen LogP contribution in [0.25, 0.3) is 11.2 Å².